The van der Waals surface area contributed by atoms with Crippen molar-refractivity contribution in [3.05, 3.63) is 47.8 Å². The normalized spacial score (nSPS) is 15.0. The smallest absolute Gasteiger partial charge is 0.224 e. The summed E-state index contributed by atoms with van der Waals surface area (Å²) in [4.78, 5) is 14.6. The van der Waals surface area contributed by atoms with Crippen molar-refractivity contribution in [2.45, 2.75) is 32.2 Å². The Morgan fingerprint density at radius 3 is 2.61 bits per heavy atom. The number of carbonyl (C=O) groups excluding carboxylic acids is 1. The van der Waals surface area contributed by atoms with E-state index in [1.165, 1.54) is 0 Å². The molecule has 1 N–H and O–H groups in total. The van der Waals surface area contributed by atoms with Crippen molar-refractivity contribution in [3.8, 4) is 5.75 Å². The van der Waals surface area contributed by atoms with Crippen LogP contribution in [-0.4, -0.2) is 52.0 Å². The van der Waals surface area contributed by atoms with Crippen molar-refractivity contribution < 1.29 is 9.53 Å². The number of amides is 1. The van der Waals surface area contributed by atoms with E-state index < -0.39 is 0 Å². The fraction of sp³-hybridized carbons (Fsp3) is 0.400. The van der Waals surface area contributed by atoms with E-state index >= 15 is 0 Å². The Kier molecular flexibility index (Phi) is 5.10. The zero-order valence-corrected chi connectivity index (χ0v) is 16.1. The lowest BCUT2D eigenvalue weighted by Crippen LogP contribution is -2.45. The first kappa shape index (κ1) is 18.2. The quantitative estimate of drug-likeness (QED) is 0.726. The van der Waals surface area contributed by atoms with Gasteiger partial charge in [0.05, 0.1) is 13.5 Å². The van der Waals surface area contributed by atoms with E-state index in [1.807, 2.05) is 43.3 Å². The number of benzene rings is 1. The molecule has 28 heavy (non-hydrogen) atoms. The van der Waals surface area contributed by atoms with Crippen LogP contribution in [0.5, 0.6) is 5.75 Å². The standard InChI is InChI=1S/C20H24N6O2/c1-14-22-23-18-7-8-19(24-26(14)18)25-11-9-16(10-12-25)21-20(27)13-15-3-5-17(28-2)6-4-15/h3-8,16H,9-13H2,1-2H3,(H,21,27). The van der Waals surface area contributed by atoms with Crippen LogP contribution in [0.25, 0.3) is 5.65 Å². The maximum atomic E-state index is 12.4. The molecule has 1 amide bonds. The molecular weight excluding hydrogens is 356 g/mol. The molecule has 0 unspecified atom stereocenters. The van der Waals surface area contributed by atoms with Crippen LogP contribution in [0.4, 0.5) is 5.82 Å². The first-order valence-corrected chi connectivity index (χ1v) is 9.48. The van der Waals surface area contributed by atoms with Crippen molar-refractivity contribution in [3.63, 3.8) is 0 Å². The Hall–Kier alpha value is -3.16. The summed E-state index contributed by atoms with van der Waals surface area (Å²) < 4.78 is 6.91. The Bertz CT molecular complexity index is 960. The second-order valence-corrected chi connectivity index (χ2v) is 7.06. The Labute approximate surface area is 163 Å². The first-order valence-electron chi connectivity index (χ1n) is 9.48. The maximum absolute atomic E-state index is 12.4. The van der Waals surface area contributed by atoms with Gasteiger partial charge in [0.1, 0.15) is 11.6 Å². The van der Waals surface area contributed by atoms with Gasteiger partial charge in [-0.05, 0) is 49.6 Å². The summed E-state index contributed by atoms with van der Waals surface area (Å²) in [6, 6.07) is 11.7. The number of aromatic nitrogens is 4. The maximum Gasteiger partial charge on any atom is 0.224 e. The van der Waals surface area contributed by atoms with Crippen molar-refractivity contribution in [2.75, 3.05) is 25.1 Å². The van der Waals surface area contributed by atoms with Crippen molar-refractivity contribution in [2.24, 2.45) is 0 Å². The number of methoxy groups -OCH3 is 1. The van der Waals surface area contributed by atoms with E-state index in [4.69, 9.17) is 4.74 Å². The lowest BCUT2D eigenvalue weighted by Gasteiger charge is -2.33. The molecule has 1 aromatic carbocycles. The molecule has 0 spiro atoms. The molecule has 3 heterocycles. The molecule has 0 aliphatic carbocycles. The van der Waals surface area contributed by atoms with Gasteiger partial charge >= 0.3 is 0 Å². The van der Waals surface area contributed by atoms with Gasteiger partial charge in [-0.25, -0.2) is 0 Å². The van der Waals surface area contributed by atoms with E-state index in [0.29, 0.717) is 6.42 Å². The highest BCUT2D eigenvalue weighted by molar-refractivity contribution is 5.78. The molecule has 0 saturated carbocycles. The largest absolute Gasteiger partial charge is 0.497 e. The highest BCUT2D eigenvalue weighted by Crippen LogP contribution is 2.19. The number of fused-ring (bicyclic) bond motifs is 1. The minimum Gasteiger partial charge on any atom is -0.497 e. The molecule has 8 nitrogen and oxygen atoms in total. The van der Waals surface area contributed by atoms with E-state index in [2.05, 4.69) is 25.5 Å². The molecule has 0 radical (unpaired) electrons. The summed E-state index contributed by atoms with van der Waals surface area (Å²) in [5.74, 6) is 2.55. The van der Waals surface area contributed by atoms with Gasteiger partial charge in [0, 0.05) is 19.1 Å². The molecule has 8 heteroatoms. The second kappa shape index (κ2) is 7.84. The van der Waals surface area contributed by atoms with Gasteiger partial charge in [-0.3, -0.25) is 4.79 Å². The zero-order chi connectivity index (χ0) is 19.5. The van der Waals surface area contributed by atoms with Crippen molar-refractivity contribution in [1.82, 2.24) is 25.1 Å². The van der Waals surface area contributed by atoms with Crippen LogP contribution < -0.4 is 15.0 Å². The third-order valence-corrected chi connectivity index (χ3v) is 5.11. The number of carbonyl (C=O) groups is 1. The third-order valence-electron chi connectivity index (χ3n) is 5.11. The number of aryl methyl sites for hydroxylation is 1. The van der Waals surface area contributed by atoms with Gasteiger partial charge in [0.25, 0.3) is 0 Å². The summed E-state index contributed by atoms with van der Waals surface area (Å²) in [7, 11) is 1.63. The number of hydrogen-bond donors (Lipinski definition) is 1. The summed E-state index contributed by atoms with van der Waals surface area (Å²) in [5.41, 5.74) is 1.74. The molecule has 0 atom stereocenters. The van der Waals surface area contributed by atoms with Gasteiger partial charge < -0.3 is 15.0 Å². The van der Waals surface area contributed by atoms with Gasteiger partial charge in [-0.2, -0.15) is 4.52 Å². The molecule has 3 aromatic rings. The monoisotopic (exact) mass is 380 g/mol. The number of nitrogens with zero attached hydrogens (tertiary/aromatic N) is 5. The molecule has 1 fully saturated rings. The van der Waals surface area contributed by atoms with E-state index in [-0.39, 0.29) is 11.9 Å². The van der Waals surface area contributed by atoms with E-state index in [1.54, 1.807) is 11.6 Å². The molecule has 1 aliphatic rings. The average Bonchev–Trinajstić information content (AvgIpc) is 3.09. The third kappa shape index (κ3) is 3.90. The van der Waals surface area contributed by atoms with Crippen LogP contribution in [0.3, 0.4) is 0 Å². The van der Waals surface area contributed by atoms with Gasteiger partial charge in [0.2, 0.25) is 5.91 Å². The minimum atomic E-state index is 0.0586. The van der Waals surface area contributed by atoms with Crippen LogP contribution in [0.1, 0.15) is 24.2 Å². The number of rotatable bonds is 5. The number of anilines is 1. The number of ether oxygens (including phenoxy) is 1. The summed E-state index contributed by atoms with van der Waals surface area (Å²) >= 11 is 0. The van der Waals surface area contributed by atoms with Crippen molar-refractivity contribution in [1.29, 1.82) is 0 Å². The molecule has 0 bridgehead atoms. The topological polar surface area (TPSA) is 84.6 Å². The Morgan fingerprint density at radius 2 is 1.89 bits per heavy atom. The summed E-state index contributed by atoms with van der Waals surface area (Å²) in [6.45, 7) is 3.60. The van der Waals surface area contributed by atoms with Crippen LogP contribution in [0.2, 0.25) is 0 Å². The van der Waals surface area contributed by atoms with E-state index in [9.17, 15) is 4.79 Å². The Balaban J connectivity index is 1.30. The fourth-order valence-corrected chi connectivity index (χ4v) is 3.52. The number of hydrogen-bond acceptors (Lipinski definition) is 6. The lowest BCUT2D eigenvalue weighted by molar-refractivity contribution is -0.121. The zero-order valence-electron chi connectivity index (χ0n) is 16.1. The highest BCUT2D eigenvalue weighted by Gasteiger charge is 2.22. The van der Waals surface area contributed by atoms with Gasteiger partial charge in [0.15, 0.2) is 11.5 Å². The first-order chi connectivity index (χ1) is 13.6. The summed E-state index contributed by atoms with van der Waals surface area (Å²) in [5, 5.41) is 15.9. The predicted molar refractivity (Wildman–Crippen MR) is 106 cm³/mol. The minimum absolute atomic E-state index is 0.0586. The lowest BCUT2D eigenvalue weighted by atomic mass is 10.0. The van der Waals surface area contributed by atoms with Crippen LogP contribution in [-0.2, 0) is 11.2 Å². The Morgan fingerprint density at radius 1 is 1.14 bits per heavy atom. The molecule has 1 aliphatic heterocycles. The molecule has 1 saturated heterocycles. The van der Waals surface area contributed by atoms with Crippen LogP contribution in [0.15, 0.2) is 36.4 Å². The molecule has 4 rings (SSSR count). The number of piperidine rings is 1. The fourth-order valence-electron chi connectivity index (χ4n) is 3.52. The molecule has 2 aromatic heterocycles. The molecular formula is C20H24N6O2. The number of nitrogens with one attached hydrogen (secondary N) is 1. The van der Waals surface area contributed by atoms with E-state index in [0.717, 1.165) is 54.5 Å². The van der Waals surface area contributed by atoms with Crippen LogP contribution >= 0.6 is 0 Å². The highest BCUT2D eigenvalue weighted by atomic mass is 16.5. The van der Waals surface area contributed by atoms with Gasteiger partial charge in [-0.15, -0.1) is 15.3 Å². The second-order valence-electron chi connectivity index (χ2n) is 7.06. The summed E-state index contributed by atoms with van der Waals surface area (Å²) in [6.07, 6.45) is 2.18. The molecule has 146 valence electrons. The van der Waals surface area contributed by atoms with Crippen LogP contribution in [0, 0.1) is 6.92 Å². The van der Waals surface area contributed by atoms with Crippen molar-refractivity contribution >= 4 is 17.4 Å². The van der Waals surface area contributed by atoms with Gasteiger partial charge in [-0.1, -0.05) is 12.1 Å². The average molecular weight is 380 g/mol. The SMILES string of the molecule is COc1ccc(CC(=O)NC2CCN(c3ccc4nnc(C)n4n3)CC2)cc1. The predicted octanol–water partition coefficient (Wildman–Crippen LogP) is 1.77.